The number of hydrogen-bond donors (Lipinski definition) is 0. The molecule has 0 bridgehead atoms. The van der Waals surface area contributed by atoms with E-state index in [1.807, 2.05) is 6.92 Å². The minimum atomic E-state index is -0.260. The molecule has 5 heteroatoms. The van der Waals surface area contributed by atoms with E-state index in [9.17, 15) is 5.26 Å². The first-order valence-corrected chi connectivity index (χ1v) is 5.31. The van der Waals surface area contributed by atoms with Crippen LogP contribution in [0.1, 0.15) is 17.4 Å². The van der Waals surface area contributed by atoms with Crippen LogP contribution in [-0.2, 0) is 4.74 Å². The number of ether oxygens (including phenoxy) is 1. The summed E-state index contributed by atoms with van der Waals surface area (Å²) in [6, 6.07) is 2.04. The third-order valence-corrected chi connectivity index (χ3v) is 2.65. The molecule has 0 aliphatic carbocycles. The summed E-state index contributed by atoms with van der Waals surface area (Å²) in [5.41, 5.74) is 0.856. The molecule has 1 saturated heterocycles. The average Bonchev–Trinajstić information content (AvgIpc) is 2.34. The fourth-order valence-corrected chi connectivity index (χ4v) is 1.75. The summed E-state index contributed by atoms with van der Waals surface area (Å²) in [6.07, 6.45) is 3.46. The third-order valence-electron chi connectivity index (χ3n) is 2.65. The maximum atomic E-state index is 9.21. The van der Waals surface area contributed by atoms with Gasteiger partial charge in [-0.3, -0.25) is 4.90 Å². The first kappa shape index (κ1) is 11.0. The van der Waals surface area contributed by atoms with Gasteiger partial charge in [-0.05, 0) is 6.92 Å². The zero-order valence-electron chi connectivity index (χ0n) is 9.26. The van der Waals surface area contributed by atoms with Gasteiger partial charge < -0.3 is 4.74 Å². The van der Waals surface area contributed by atoms with Crippen LogP contribution in [0.4, 0.5) is 0 Å². The highest BCUT2D eigenvalue weighted by molar-refractivity contribution is 5.18. The Morgan fingerprint density at radius 2 is 2.00 bits per heavy atom. The maximum absolute atomic E-state index is 9.21. The number of aromatic nitrogens is 2. The van der Waals surface area contributed by atoms with Crippen LogP contribution < -0.4 is 0 Å². The van der Waals surface area contributed by atoms with Gasteiger partial charge >= 0.3 is 0 Å². The molecule has 1 aromatic rings. The lowest BCUT2D eigenvalue weighted by Crippen LogP contribution is -2.38. The molecule has 1 aliphatic rings. The SMILES string of the molecule is Cc1ncc(C(C#N)N2CCOCC2)cn1. The Labute approximate surface area is 94.7 Å². The molecule has 16 heavy (non-hydrogen) atoms. The molecule has 2 rings (SSSR count). The number of aryl methyl sites for hydroxylation is 1. The molecule has 0 aromatic carbocycles. The van der Waals surface area contributed by atoms with Gasteiger partial charge in [-0.25, -0.2) is 9.97 Å². The summed E-state index contributed by atoms with van der Waals surface area (Å²) < 4.78 is 5.27. The van der Waals surface area contributed by atoms with E-state index in [0.717, 1.165) is 24.5 Å². The standard InChI is InChI=1S/C11H14N4O/c1-9-13-7-10(8-14-9)11(6-12)15-2-4-16-5-3-15/h7-8,11H,2-5H2,1H3. The van der Waals surface area contributed by atoms with Gasteiger partial charge in [0.2, 0.25) is 0 Å². The van der Waals surface area contributed by atoms with E-state index in [1.54, 1.807) is 12.4 Å². The minimum absolute atomic E-state index is 0.260. The summed E-state index contributed by atoms with van der Waals surface area (Å²) in [5.74, 6) is 0.724. The minimum Gasteiger partial charge on any atom is -0.379 e. The van der Waals surface area contributed by atoms with E-state index in [4.69, 9.17) is 4.74 Å². The Kier molecular flexibility index (Phi) is 3.44. The fourth-order valence-electron chi connectivity index (χ4n) is 1.75. The highest BCUT2D eigenvalue weighted by Gasteiger charge is 2.22. The Morgan fingerprint density at radius 3 is 2.56 bits per heavy atom. The molecule has 1 atom stereocenters. The van der Waals surface area contributed by atoms with Gasteiger partial charge in [0.05, 0.1) is 19.3 Å². The zero-order valence-corrected chi connectivity index (χ0v) is 9.26. The molecule has 1 aliphatic heterocycles. The second kappa shape index (κ2) is 5.01. The van der Waals surface area contributed by atoms with Crippen LogP contribution in [0.5, 0.6) is 0 Å². The van der Waals surface area contributed by atoms with Crippen LogP contribution in [0, 0.1) is 18.3 Å². The van der Waals surface area contributed by atoms with Crippen molar-refractivity contribution in [2.75, 3.05) is 26.3 Å². The van der Waals surface area contributed by atoms with Gasteiger partial charge in [-0.15, -0.1) is 0 Å². The quantitative estimate of drug-likeness (QED) is 0.730. The fraction of sp³-hybridized carbons (Fsp3) is 0.545. The number of morpholine rings is 1. The highest BCUT2D eigenvalue weighted by atomic mass is 16.5. The van der Waals surface area contributed by atoms with Crippen molar-refractivity contribution in [3.63, 3.8) is 0 Å². The van der Waals surface area contributed by atoms with Gasteiger partial charge in [0, 0.05) is 31.0 Å². The molecule has 1 unspecified atom stereocenters. The van der Waals surface area contributed by atoms with E-state index in [2.05, 4.69) is 20.9 Å². The monoisotopic (exact) mass is 218 g/mol. The summed E-state index contributed by atoms with van der Waals surface area (Å²) in [6.45, 7) is 4.77. The molecule has 2 heterocycles. The number of nitriles is 1. The second-order valence-electron chi connectivity index (χ2n) is 3.74. The molecule has 0 N–H and O–H groups in total. The van der Waals surface area contributed by atoms with Crippen molar-refractivity contribution in [2.45, 2.75) is 13.0 Å². The summed E-state index contributed by atoms with van der Waals surface area (Å²) in [4.78, 5) is 10.3. The summed E-state index contributed by atoms with van der Waals surface area (Å²) in [5, 5.41) is 9.21. The van der Waals surface area contributed by atoms with Gasteiger partial charge in [0.15, 0.2) is 0 Å². The lowest BCUT2D eigenvalue weighted by atomic mass is 10.1. The number of nitrogens with zero attached hydrogens (tertiary/aromatic N) is 4. The van der Waals surface area contributed by atoms with E-state index in [-0.39, 0.29) is 6.04 Å². The van der Waals surface area contributed by atoms with E-state index in [1.165, 1.54) is 0 Å². The Morgan fingerprint density at radius 1 is 1.38 bits per heavy atom. The predicted octanol–water partition coefficient (Wildman–Crippen LogP) is 0.682. The van der Waals surface area contributed by atoms with Gasteiger partial charge in [0.1, 0.15) is 11.9 Å². The maximum Gasteiger partial charge on any atom is 0.127 e. The predicted molar refractivity (Wildman–Crippen MR) is 57.5 cm³/mol. The van der Waals surface area contributed by atoms with Crippen molar-refractivity contribution in [3.8, 4) is 6.07 Å². The van der Waals surface area contributed by atoms with Gasteiger partial charge in [0.25, 0.3) is 0 Å². The largest absolute Gasteiger partial charge is 0.379 e. The van der Waals surface area contributed by atoms with Crippen molar-refractivity contribution in [1.82, 2.24) is 14.9 Å². The topological polar surface area (TPSA) is 62.0 Å². The second-order valence-corrected chi connectivity index (χ2v) is 3.74. The smallest absolute Gasteiger partial charge is 0.127 e. The average molecular weight is 218 g/mol. The van der Waals surface area contributed by atoms with Crippen molar-refractivity contribution >= 4 is 0 Å². The molecular formula is C11H14N4O. The van der Waals surface area contributed by atoms with Crippen molar-refractivity contribution < 1.29 is 4.74 Å². The lowest BCUT2D eigenvalue weighted by molar-refractivity contribution is 0.0265. The third kappa shape index (κ3) is 2.35. The van der Waals surface area contributed by atoms with Crippen LogP contribution in [0.15, 0.2) is 12.4 Å². The van der Waals surface area contributed by atoms with E-state index in [0.29, 0.717) is 13.2 Å². The zero-order chi connectivity index (χ0) is 11.4. The normalized spacial score (nSPS) is 19.0. The van der Waals surface area contributed by atoms with Crippen molar-refractivity contribution in [1.29, 1.82) is 5.26 Å². The Bertz CT molecular complexity index is 378. The van der Waals surface area contributed by atoms with Crippen molar-refractivity contribution in [3.05, 3.63) is 23.8 Å². The Hall–Kier alpha value is -1.51. The lowest BCUT2D eigenvalue weighted by Gasteiger charge is -2.30. The molecule has 5 nitrogen and oxygen atoms in total. The summed E-state index contributed by atoms with van der Waals surface area (Å²) in [7, 11) is 0. The van der Waals surface area contributed by atoms with Crippen LogP contribution in [0.2, 0.25) is 0 Å². The number of hydrogen-bond acceptors (Lipinski definition) is 5. The first-order valence-electron chi connectivity index (χ1n) is 5.31. The molecule has 0 radical (unpaired) electrons. The van der Waals surface area contributed by atoms with Crippen LogP contribution in [-0.4, -0.2) is 41.2 Å². The van der Waals surface area contributed by atoms with E-state index < -0.39 is 0 Å². The van der Waals surface area contributed by atoms with E-state index >= 15 is 0 Å². The van der Waals surface area contributed by atoms with Gasteiger partial charge in [-0.1, -0.05) is 0 Å². The van der Waals surface area contributed by atoms with Crippen molar-refractivity contribution in [2.24, 2.45) is 0 Å². The molecular weight excluding hydrogens is 204 g/mol. The highest BCUT2D eigenvalue weighted by Crippen LogP contribution is 2.19. The summed E-state index contributed by atoms with van der Waals surface area (Å²) >= 11 is 0. The number of rotatable bonds is 2. The molecule has 1 aromatic heterocycles. The van der Waals surface area contributed by atoms with Crippen LogP contribution in [0.25, 0.3) is 0 Å². The molecule has 1 fully saturated rings. The van der Waals surface area contributed by atoms with Crippen LogP contribution >= 0.6 is 0 Å². The molecule has 0 spiro atoms. The molecule has 84 valence electrons. The van der Waals surface area contributed by atoms with Crippen LogP contribution in [0.3, 0.4) is 0 Å². The Balaban J connectivity index is 2.15. The molecule has 0 saturated carbocycles. The first-order chi connectivity index (χ1) is 7.81. The molecule has 0 amide bonds. The van der Waals surface area contributed by atoms with Gasteiger partial charge in [-0.2, -0.15) is 5.26 Å².